The second kappa shape index (κ2) is 16.5. The number of nitrogens with one attached hydrogen (secondary N) is 4. The quantitative estimate of drug-likeness (QED) is 0.115. The smallest absolute Gasteiger partial charge is 0.407 e. The van der Waals surface area contributed by atoms with Crippen LogP contribution in [0.2, 0.25) is 0 Å². The van der Waals surface area contributed by atoms with E-state index in [1.165, 1.54) is 14.2 Å². The molecule has 4 fully saturated rings. The van der Waals surface area contributed by atoms with Crippen molar-refractivity contribution in [3.63, 3.8) is 0 Å². The molecule has 59 heavy (non-hydrogen) atoms. The van der Waals surface area contributed by atoms with Crippen molar-refractivity contribution in [2.75, 3.05) is 14.2 Å². The lowest BCUT2D eigenvalue weighted by atomic mass is 9.95. The van der Waals surface area contributed by atoms with Gasteiger partial charge in [-0.15, -0.1) is 0 Å². The average Bonchev–Trinajstić information content (AvgIpc) is 4.11. The van der Waals surface area contributed by atoms with Crippen LogP contribution in [-0.4, -0.2) is 92.1 Å². The monoisotopic (exact) mass is 804 g/mol. The highest BCUT2D eigenvalue weighted by molar-refractivity contribution is 5.87. The van der Waals surface area contributed by atoms with Crippen molar-refractivity contribution >= 4 is 24.0 Å². The maximum atomic E-state index is 14.0. The topological polar surface area (TPSA) is 175 Å². The number of aromatic amines is 2. The SMILES string of the molecule is COC(=O)N[C@@H](CC(C)C)C(=O)N1[C@@H]2CC[C@H](C2)[C@H]1c1ncc(-c2ccc(-c3ccc(-c4cnc([C@@H]5[C@@H]6CC[C@H](C6)N5C(=O)[C@@H](NC(=O)OC)C(C)C)[nH]4)cc3)cc2)[nH]1. The van der Waals surface area contributed by atoms with E-state index in [0.29, 0.717) is 18.3 Å². The fraction of sp³-hybridized carbons (Fsp3) is 0.511. The molecular weight excluding hydrogens is 749 g/mol. The summed E-state index contributed by atoms with van der Waals surface area (Å²) in [6.45, 7) is 7.94. The highest BCUT2D eigenvalue weighted by atomic mass is 16.5. The number of H-pyrrole nitrogens is 2. The maximum absolute atomic E-state index is 14.0. The Morgan fingerprint density at radius 2 is 1.10 bits per heavy atom. The highest BCUT2D eigenvalue weighted by Gasteiger charge is 2.52. The van der Waals surface area contributed by atoms with Gasteiger partial charge in [-0.2, -0.15) is 0 Å². The minimum Gasteiger partial charge on any atom is -0.453 e. The molecule has 4 aromatic rings. The molecule has 2 aromatic heterocycles. The van der Waals surface area contributed by atoms with Crippen LogP contribution >= 0.6 is 0 Å². The van der Waals surface area contributed by atoms with Gasteiger partial charge in [-0.25, -0.2) is 19.6 Å². The number of nitrogens with zero attached hydrogens (tertiary/aromatic N) is 4. The number of hydrogen-bond acceptors (Lipinski definition) is 8. The van der Waals surface area contributed by atoms with Crippen LogP contribution in [0.1, 0.15) is 96.4 Å². The van der Waals surface area contributed by atoms with Gasteiger partial charge in [-0.3, -0.25) is 9.59 Å². The van der Waals surface area contributed by atoms with Crippen molar-refractivity contribution in [1.29, 1.82) is 0 Å². The summed E-state index contributed by atoms with van der Waals surface area (Å²) in [6, 6.07) is 15.3. The Morgan fingerprint density at radius 3 is 1.54 bits per heavy atom. The first-order valence-electron chi connectivity index (χ1n) is 21.1. The minimum atomic E-state index is -0.681. The zero-order valence-electron chi connectivity index (χ0n) is 34.7. The third kappa shape index (κ3) is 7.81. The van der Waals surface area contributed by atoms with Crippen LogP contribution in [0, 0.1) is 23.7 Å². The Bertz CT molecular complexity index is 2160. The number of imidazole rings is 2. The zero-order valence-corrected chi connectivity index (χ0v) is 34.7. The van der Waals surface area contributed by atoms with Crippen molar-refractivity contribution in [2.24, 2.45) is 23.7 Å². The summed E-state index contributed by atoms with van der Waals surface area (Å²) in [5, 5.41) is 5.55. The van der Waals surface area contributed by atoms with Crippen LogP contribution < -0.4 is 10.6 Å². The molecule has 2 aliphatic heterocycles. The van der Waals surface area contributed by atoms with Gasteiger partial charge in [0.25, 0.3) is 0 Å². The van der Waals surface area contributed by atoms with Crippen molar-refractivity contribution in [3.8, 4) is 33.6 Å². The summed E-state index contributed by atoms with van der Waals surface area (Å²) >= 11 is 0. The van der Waals surface area contributed by atoms with Gasteiger partial charge in [0.2, 0.25) is 11.8 Å². The van der Waals surface area contributed by atoms with Crippen molar-refractivity contribution in [1.82, 2.24) is 40.4 Å². The predicted octanol–water partition coefficient (Wildman–Crippen LogP) is 7.39. The molecule has 0 radical (unpaired) electrons. The summed E-state index contributed by atoms with van der Waals surface area (Å²) in [5.74, 6) is 2.12. The second-order valence-electron chi connectivity index (χ2n) is 17.5. The number of aromatic nitrogens is 4. The number of carbonyl (C=O) groups excluding carboxylic acids is 4. The van der Waals surface area contributed by atoms with Crippen LogP contribution in [0.5, 0.6) is 0 Å². The molecule has 4 N–H and O–H groups in total. The third-order valence-electron chi connectivity index (χ3n) is 13.0. The normalized spacial score (nSPS) is 24.1. The summed E-state index contributed by atoms with van der Waals surface area (Å²) in [6.07, 6.45) is 8.87. The van der Waals surface area contributed by atoms with Gasteiger partial charge < -0.3 is 39.9 Å². The largest absolute Gasteiger partial charge is 0.453 e. The number of piperidine rings is 2. The summed E-state index contributed by atoms with van der Waals surface area (Å²) in [5.41, 5.74) is 5.89. The summed E-state index contributed by atoms with van der Waals surface area (Å²) in [4.78, 5) is 72.9. The van der Waals surface area contributed by atoms with Gasteiger partial charge in [-0.1, -0.05) is 76.2 Å². The van der Waals surface area contributed by atoms with Gasteiger partial charge in [0.05, 0.1) is 50.1 Å². The van der Waals surface area contributed by atoms with E-state index in [4.69, 9.17) is 19.4 Å². The van der Waals surface area contributed by atoms with Crippen molar-refractivity contribution in [3.05, 3.63) is 72.6 Å². The fourth-order valence-electron chi connectivity index (χ4n) is 10.2. The number of carbonyl (C=O) groups is 4. The van der Waals surface area contributed by atoms with E-state index in [-0.39, 0.29) is 47.8 Å². The number of methoxy groups -OCH3 is 2. The molecule has 14 heteroatoms. The van der Waals surface area contributed by atoms with Crippen LogP contribution in [-0.2, 0) is 19.1 Å². The Hall–Kier alpha value is -5.66. The third-order valence-corrected chi connectivity index (χ3v) is 13.0. The first kappa shape index (κ1) is 40.1. The first-order valence-corrected chi connectivity index (χ1v) is 21.1. The standard InChI is InChI=1S/C45H56N8O6/c1-24(2)19-34(50-44(56)58-5)42(54)52-32-17-15-30(20-32)38(52)40-46-22-35(48-40)28-11-7-26(8-12-28)27-9-13-29(14-10-27)36-23-47-41(49-36)39-31-16-18-33(21-31)53(39)43(55)37(25(3)4)51-45(57)59-6/h7-14,22-25,30-34,37-39H,15-21H2,1-6H3,(H,46,48)(H,47,49)(H,50,56)(H,51,57)/t30-,31-,32-,33-,34+,37+,38+,39+/m1/s1. The van der Waals surface area contributed by atoms with Crippen LogP contribution in [0.15, 0.2) is 60.9 Å². The molecule has 4 heterocycles. The summed E-state index contributed by atoms with van der Waals surface area (Å²) < 4.78 is 9.67. The number of amides is 4. The minimum absolute atomic E-state index is 0.0759. The molecule has 14 nitrogen and oxygen atoms in total. The van der Waals surface area contributed by atoms with Gasteiger partial charge >= 0.3 is 12.2 Å². The zero-order chi connectivity index (χ0) is 41.5. The molecule has 2 aromatic carbocycles. The molecule has 4 bridgehead atoms. The lowest BCUT2D eigenvalue weighted by molar-refractivity contribution is -0.139. The molecule has 4 aliphatic rings. The van der Waals surface area contributed by atoms with Crippen molar-refractivity contribution in [2.45, 2.75) is 109 Å². The van der Waals surface area contributed by atoms with Crippen LogP contribution in [0.25, 0.3) is 33.6 Å². The number of hydrogen-bond donors (Lipinski definition) is 4. The predicted molar refractivity (Wildman–Crippen MR) is 221 cm³/mol. The molecule has 2 saturated heterocycles. The summed E-state index contributed by atoms with van der Waals surface area (Å²) in [7, 11) is 2.62. The van der Waals surface area contributed by atoms with E-state index < -0.39 is 24.3 Å². The molecule has 4 amide bonds. The number of rotatable bonds is 12. The number of fused-ring (bicyclic) bond motifs is 4. The van der Waals surface area contributed by atoms with E-state index in [0.717, 1.165) is 83.8 Å². The number of alkyl carbamates (subject to hydrolysis) is 2. The van der Waals surface area contributed by atoms with Crippen LogP contribution in [0.3, 0.4) is 0 Å². The van der Waals surface area contributed by atoms with E-state index in [1.54, 1.807) is 0 Å². The molecule has 8 atom stereocenters. The lowest BCUT2D eigenvalue weighted by Crippen LogP contribution is -2.54. The van der Waals surface area contributed by atoms with Gasteiger partial charge in [0.1, 0.15) is 23.7 Å². The molecule has 0 spiro atoms. The molecule has 8 rings (SSSR count). The maximum Gasteiger partial charge on any atom is 0.407 e. The first-order chi connectivity index (χ1) is 28.4. The molecule has 2 aliphatic carbocycles. The van der Waals surface area contributed by atoms with Crippen molar-refractivity contribution < 1.29 is 28.7 Å². The van der Waals surface area contributed by atoms with Gasteiger partial charge in [-0.05, 0) is 90.9 Å². The van der Waals surface area contributed by atoms with Crippen LogP contribution in [0.4, 0.5) is 9.59 Å². The molecule has 0 unspecified atom stereocenters. The second-order valence-corrected chi connectivity index (χ2v) is 17.5. The molecule has 2 saturated carbocycles. The Morgan fingerprint density at radius 1 is 0.661 bits per heavy atom. The number of ether oxygens (including phenoxy) is 2. The lowest BCUT2D eigenvalue weighted by Gasteiger charge is -2.37. The highest BCUT2D eigenvalue weighted by Crippen LogP contribution is 2.51. The molecule has 312 valence electrons. The van der Waals surface area contributed by atoms with E-state index >= 15 is 0 Å². The molecular formula is C45H56N8O6. The van der Waals surface area contributed by atoms with E-state index in [9.17, 15) is 19.2 Å². The Labute approximate surface area is 345 Å². The average molecular weight is 805 g/mol. The number of benzene rings is 2. The van der Waals surface area contributed by atoms with Gasteiger partial charge in [0.15, 0.2) is 0 Å². The Kier molecular flexibility index (Phi) is 11.2. The fourth-order valence-corrected chi connectivity index (χ4v) is 10.2. The number of likely N-dealkylation sites (tertiary alicyclic amines) is 2. The van der Waals surface area contributed by atoms with Gasteiger partial charge in [0, 0.05) is 12.1 Å². The van der Waals surface area contributed by atoms with E-state index in [1.807, 2.05) is 49.9 Å². The van der Waals surface area contributed by atoms with E-state index in [2.05, 4.69) is 69.1 Å². The Balaban J connectivity index is 0.950.